The van der Waals surface area contributed by atoms with Crippen molar-refractivity contribution >= 4 is 11.5 Å². The Balaban J connectivity index is 2.08. The fraction of sp³-hybridized carbons (Fsp3) is 0.571. The number of rotatable bonds is 3. The number of nitrogens with zero attached hydrogens (tertiary/aromatic N) is 2. The fourth-order valence-corrected chi connectivity index (χ4v) is 2.41. The van der Waals surface area contributed by atoms with Crippen LogP contribution in [0, 0.1) is 5.92 Å². The summed E-state index contributed by atoms with van der Waals surface area (Å²) in [6.45, 7) is 6.04. The highest BCUT2D eigenvalue weighted by atomic mass is 16.1. The molecule has 1 atom stereocenters. The molecular weight excluding hydrogens is 212 g/mol. The molecule has 1 aliphatic rings. The fourth-order valence-electron chi connectivity index (χ4n) is 2.41. The number of carbonyl (C=O) groups excluding carboxylic acids is 1. The zero-order valence-electron chi connectivity index (χ0n) is 10.6. The third-order valence-electron chi connectivity index (χ3n) is 3.57. The molecule has 3 heteroatoms. The van der Waals surface area contributed by atoms with Crippen molar-refractivity contribution in [1.29, 1.82) is 0 Å². The highest BCUT2D eigenvalue weighted by molar-refractivity contribution is 5.92. The summed E-state index contributed by atoms with van der Waals surface area (Å²) in [4.78, 5) is 17.8. The van der Waals surface area contributed by atoms with Crippen LogP contribution in [-0.4, -0.2) is 23.9 Å². The van der Waals surface area contributed by atoms with Crippen LogP contribution in [0.1, 0.15) is 43.6 Å². The van der Waals surface area contributed by atoms with E-state index < -0.39 is 0 Å². The predicted octanol–water partition coefficient (Wildman–Crippen LogP) is 2.91. The lowest BCUT2D eigenvalue weighted by atomic mass is 9.95. The Morgan fingerprint density at radius 3 is 2.94 bits per heavy atom. The topological polar surface area (TPSA) is 33.2 Å². The van der Waals surface area contributed by atoms with Gasteiger partial charge in [-0.1, -0.05) is 13.3 Å². The molecule has 3 nitrogen and oxygen atoms in total. The van der Waals surface area contributed by atoms with Gasteiger partial charge in [0.25, 0.3) is 0 Å². The summed E-state index contributed by atoms with van der Waals surface area (Å²) in [7, 11) is 0. The molecule has 0 aliphatic carbocycles. The third-order valence-corrected chi connectivity index (χ3v) is 3.57. The van der Waals surface area contributed by atoms with Gasteiger partial charge in [-0.05, 0) is 30.9 Å². The van der Waals surface area contributed by atoms with E-state index in [1.165, 1.54) is 19.3 Å². The van der Waals surface area contributed by atoms with Crippen molar-refractivity contribution in [3.8, 4) is 0 Å². The number of pyridine rings is 1. The van der Waals surface area contributed by atoms with Crippen LogP contribution in [0.5, 0.6) is 0 Å². The number of ketones is 1. The summed E-state index contributed by atoms with van der Waals surface area (Å²) >= 11 is 0. The van der Waals surface area contributed by atoms with E-state index in [-0.39, 0.29) is 5.78 Å². The molecule has 0 radical (unpaired) electrons. The maximum atomic E-state index is 11.2. The van der Waals surface area contributed by atoms with Crippen LogP contribution in [-0.2, 0) is 0 Å². The molecule has 0 N–H and O–H groups in total. The summed E-state index contributed by atoms with van der Waals surface area (Å²) in [6.07, 6.45) is 5.67. The van der Waals surface area contributed by atoms with Crippen molar-refractivity contribution in [3.63, 3.8) is 0 Å². The van der Waals surface area contributed by atoms with E-state index in [1.807, 2.05) is 18.3 Å². The summed E-state index contributed by atoms with van der Waals surface area (Å²) in [5, 5.41) is 0. The van der Waals surface area contributed by atoms with Crippen LogP contribution in [0.25, 0.3) is 0 Å². The number of anilines is 1. The number of Topliss-reactive ketones (excluding diaryl/α,β-unsaturated/α-hetero) is 1. The molecule has 17 heavy (non-hydrogen) atoms. The molecule has 0 amide bonds. The van der Waals surface area contributed by atoms with Crippen molar-refractivity contribution in [2.75, 3.05) is 18.0 Å². The predicted molar refractivity (Wildman–Crippen MR) is 69.5 cm³/mol. The van der Waals surface area contributed by atoms with Crippen molar-refractivity contribution in [3.05, 3.63) is 24.0 Å². The van der Waals surface area contributed by atoms with Crippen molar-refractivity contribution in [2.45, 2.75) is 33.1 Å². The van der Waals surface area contributed by atoms with E-state index in [0.717, 1.165) is 24.7 Å². The number of hydrogen-bond donors (Lipinski definition) is 0. The minimum atomic E-state index is 0.0293. The smallest absolute Gasteiger partial charge is 0.178 e. The zero-order valence-corrected chi connectivity index (χ0v) is 10.6. The lowest BCUT2D eigenvalue weighted by Gasteiger charge is -2.33. The monoisotopic (exact) mass is 232 g/mol. The van der Waals surface area contributed by atoms with Crippen molar-refractivity contribution in [1.82, 2.24) is 4.98 Å². The summed E-state index contributed by atoms with van der Waals surface area (Å²) in [6, 6.07) is 3.84. The number of hydrogen-bond acceptors (Lipinski definition) is 3. The van der Waals surface area contributed by atoms with E-state index in [9.17, 15) is 4.79 Å². The van der Waals surface area contributed by atoms with Gasteiger partial charge in [-0.25, -0.2) is 0 Å². The largest absolute Gasteiger partial charge is 0.370 e. The van der Waals surface area contributed by atoms with Gasteiger partial charge in [0.1, 0.15) is 5.69 Å². The van der Waals surface area contributed by atoms with Gasteiger partial charge < -0.3 is 4.90 Å². The molecule has 1 saturated heterocycles. The average Bonchev–Trinajstić information content (AvgIpc) is 2.39. The van der Waals surface area contributed by atoms with Crippen LogP contribution in [0.3, 0.4) is 0 Å². The molecule has 1 unspecified atom stereocenters. The molecule has 1 aliphatic heterocycles. The normalized spacial score (nSPS) is 20.4. The highest BCUT2D eigenvalue weighted by Crippen LogP contribution is 2.24. The SMILES string of the molecule is CCC1CCCN(c2ccc(C(C)=O)nc2)C1. The van der Waals surface area contributed by atoms with E-state index in [2.05, 4.69) is 16.8 Å². The molecule has 2 heterocycles. The minimum Gasteiger partial charge on any atom is -0.370 e. The molecular formula is C14H20N2O. The number of aromatic nitrogens is 1. The van der Waals surface area contributed by atoms with Crippen LogP contribution in [0.2, 0.25) is 0 Å². The van der Waals surface area contributed by atoms with Crippen LogP contribution in [0.4, 0.5) is 5.69 Å². The molecule has 1 aromatic heterocycles. The van der Waals surface area contributed by atoms with Gasteiger partial charge in [-0.15, -0.1) is 0 Å². The Morgan fingerprint density at radius 1 is 1.53 bits per heavy atom. The van der Waals surface area contributed by atoms with E-state index >= 15 is 0 Å². The first-order chi connectivity index (χ1) is 8.20. The van der Waals surface area contributed by atoms with Crippen LogP contribution >= 0.6 is 0 Å². The molecule has 0 spiro atoms. The maximum Gasteiger partial charge on any atom is 0.178 e. The third kappa shape index (κ3) is 2.84. The molecule has 1 aromatic rings. The Labute approximate surface area is 103 Å². The Morgan fingerprint density at radius 2 is 2.35 bits per heavy atom. The summed E-state index contributed by atoms with van der Waals surface area (Å²) in [5.41, 5.74) is 1.70. The molecule has 0 saturated carbocycles. The number of carbonyl (C=O) groups is 1. The Hall–Kier alpha value is -1.38. The van der Waals surface area contributed by atoms with Gasteiger partial charge in [0.2, 0.25) is 0 Å². The van der Waals surface area contributed by atoms with Crippen molar-refractivity contribution < 1.29 is 4.79 Å². The van der Waals surface area contributed by atoms with Gasteiger partial charge in [-0.2, -0.15) is 0 Å². The second kappa shape index (κ2) is 5.30. The van der Waals surface area contributed by atoms with Crippen LogP contribution in [0.15, 0.2) is 18.3 Å². The minimum absolute atomic E-state index is 0.0293. The first kappa shape index (κ1) is 12.1. The second-order valence-electron chi connectivity index (χ2n) is 4.82. The summed E-state index contributed by atoms with van der Waals surface area (Å²) in [5.74, 6) is 0.831. The lowest BCUT2D eigenvalue weighted by molar-refractivity contribution is 0.101. The maximum absolute atomic E-state index is 11.2. The second-order valence-corrected chi connectivity index (χ2v) is 4.82. The standard InChI is InChI=1S/C14H20N2O/c1-3-12-5-4-8-16(10-12)13-6-7-14(11(2)17)15-9-13/h6-7,9,12H,3-5,8,10H2,1-2H3. The lowest BCUT2D eigenvalue weighted by Crippen LogP contribution is -2.35. The zero-order chi connectivity index (χ0) is 12.3. The molecule has 0 aromatic carbocycles. The molecule has 2 rings (SSSR count). The molecule has 1 fully saturated rings. The van der Waals surface area contributed by atoms with E-state index in [1.54, 1.807) is 6.92 Å². The quantitative estimate of drug-likeness (QED) is 0.751. The van der Waals surface area contributed by atoms with E-state index in [0.29, 0.717) is 5.69 Å². The van der Waals surface area contributed by atoms with Gasteiger partial charge in [0.05, 0.1) is 11.9 Å². The van der Waals surface area contributed by atoms with Crippen molar-refractivity contribution in [2.24, 2.45) is 5.92 Å². The number of piperidine rings is 1. The first-order valence-electron chi connectivity index (χ1n) is 6.42. The van der Waals surface area contributed by atoms with Gasteiger partial charge >= 0.3 is 0 Å². The Kier molecular flexibility index (Phi) is 3.77. The van der Waals surface area contributed by atoms with Gasteiger partial charge in [0, 0.05) is 20.0 Å². The van der Waals surface area contributed by atoms with Gasteiger partial charge in [-0.3, -0.25) is 9.78 Å². The molecule has 0 bridgehead atoms. The highest BCUT2D eigenvalue weighted by Gasteiger charge is 2.18. The first-order valence-corrected chi connectivity index (χ1v) is 6.42. The Bertz CT molecular complexity index is 386. The summed E-state index contributed by atoms with van der Waals surface area (Å²) < 4.78 is 0. The van der Waals surface area contributed by atoms with Crippen LogP contribution < -0.4 is 4.90 Å². The average molecular weight is 232 g/mol. The molecule has 92 valence electrons. The van der Waals surface area contributed by atoms with Gasteiger partial charge in [0.15, 0.2) is 5.78 Å². The van der Waals surface area contributed by atoms with E-state index in [4.69, 9.17) is 0 Å².